The maximum Gasteiger partial charge on any atom is 0.314 e. The van der Waals surface area contributed by atoms with Gasteiger partial charge in [0.1, 0.15) is 0 Å². The first-order chi connectivity index (χ1) is 13.6. The van der Waals surface area contributed by atoms with Gasteiger partial charge in [-0.15, -0.1) is 0 Å². The first-order valence-electron chi connectivity index (χ1n) is 12.3. The third kappa shape index (κ3) is 20.0. The Morgan fingerprint density at radius 2 is 0.929 bits per heavy atom. The molecule has 0 unspecified atom stereocenters. The second kappa shape index (κ2) is 21.0. The Hall–Kier alpha value is -0.770. The molecule has 0 saturated carbocycles. The van der Waals surface area contributed by atoms with Gasteiger partial charge in [0.25, 0.3) is 0 Å². The van der Waals surface area contributed by atoms with Crippen molar-refractivity contribution in [2.45, 2.75) is 116 Å². The van der Waals surface area contributed by atoms with Crippen LogP contribution in [0.25, 0.3) is 0 Å². The summed E-state index contributed by atoms with van der Waals surface area (Å²) in [5.41, 5.74) is 5.49. The third-order valence-corrected chi connectivity index (χ3v) is 5.63. The number of rotatable bonds is 21. The molecule has 4 nitrogen and oxygen atoms in total. The van der Waals surface area contributed by atoms with Gasteiger partial charge < -0.3 is 15.5 Å². The van der Waals surface area contributed by atoms with Crippen molar-refractivity contribution in [2.75, 3.05) is 33.7 Å². The molecule has 0 radical (unpaired) electrons. The van der Waals surface area contributed by atoms with Crippen molar-refractivity contribution >= 4 is 6.03 Å². The SMILES string of the molecule is CCCCCCCCCCCCCCCCCCN(CCCN(C)C)C(N)=O. The van der Waals surface area contributed by atoms with Crippen LogP contribution in [0.5, 0.6) is 0 Å². The molecule has 0 aromatic carbocycles. The summed E-state index contributed by atoms with van der Waals surface area (Å²) >= 11 is 0. The number of nitrogens with two attached hydrogens (primary N) is 1. The third-order valence-electron chi connectivity index (χ3n) is 5.63. The van der Waals surface area contributed by atoms with Crippen LogP contribution in [0.3, 0.4) is 0 Å². The van der Waals surface area contributed by atoms with Crippen molar-refractivity contribution in [1.82, 2.24) is 9.80 Å². The fraction of sp³-hybridized carbons (Fsp3) is 0.958. The number of nitrogens with zero attached hydrogens (tertiary/aromatic N) is 2. The molecule has 0 saturated heterocycles. The van der Waals surface area contributed by atoms with Crippen LogP contribution < -0.4 is 5.73 Å². The average Bonchev–Trinajstić information content (AvgIpc) is 2.65. The van der Waals surface area contributed by atoms with Gasteiger partial charge in [-0.1, -0.05) is 103 Å². The summed E-state index contributed by atoms with van der Waals surface area (Å²) in [5, 5.41) is 0. The van der Waals surface area contributed by atoms with Gasteiger partial charge in [-0.2, -0.15) is 0 Å². The largest absolute Gasteiger partial charge is 0.351 e. The van der Waals surface area contributed by atoms with Crippen LogP contribution in [0.15, 0.2) is 0 Å². The van der Waals surface area contributed by atoms with E-state index in [4.69, 9.17) is 5.73 Å². The Labute approximate surface area is 176 Å². The minimum absolute atomic E-state index is 0.264. The van der Waals surface area contributed by atoms with E-state index in [2.05, 4.69) is 25.9 Å². The molecule has 0 atom stereocenters. The fourth-order valence-electron chi connectivity index (χ4n) is 3.76. The second-order valence-corrected chi connectivity index (χ2v) is 8.79. The zero-order valence-electron chi connectivity index (χ0n) is 19.5. The number of urea groups is 1. The molecule has 0 bridgehead atoms. The van der Waals surface area contributed by atoms with E-state index in [1.165, 1.54) is 96.3 Å². The Morgan fingerprint density at radius 3 is 1.29 bits per heavy atom. The molecule has 28 heavy (non-hydrogen) atoms. The van der Waals surface area contributed by atoms with E-state index in [9.17, 15) is 4.79 Å². The highest BCUT2D eigenvalue weighted by Crippen LogP contribution is 2.13. The lowest BCUT2D eigenvalue weighted by atomic mass is 10.0. The number of primary amides is 1. The van der Waals surface area contributed by atoms with E-state index >= 15 is 0 Å². The molecule has 0 rings (SSSR count). The summed E-state index contributed by atoms with van der Waals surface area (Å²) < 4.78 is 0. The van der Waals surface area contributed by atoms with E-state index in [1.807, 2.05) is 4.90 Å². The number of hydrogen-bond donors (Lipinski definition) is 1. The second-order valence-electron chi connectivity index (χ2n) is 8.79. The molecule has 0 aliphatic heterocycles. The molecule has 0 heterocycles. The molecule has 0 aromatic heterocycles. The highest BCUT2D eigenvalue weighted by Gasteiger charge is 2.08. The van der Waals surface area contributed by atoms with E-state index in [1.54, 1.807) is 0 Å². The lowest BCUT2D eigenvalue weighted by molar-refractivity contribution is 0.203. The van der Waals surface area contributed by atoms with Crippen LogP contribution in [-0.2, 0) is 0 Å². The first-order valence-corrected chi connectivity index (χ1v) is 12.3. The fourth-order valence-corrected chi connectivity index (χ4v) is 3.76. The molecular formula is C24H51N3O. The number of carbonyl (C=O) groups excluding carboxylic acids is 1. The average molecular weight is 398 g/mol. The van der Waals surface area contributed by atoms with Crippen molar-refractivity contribution in [3.05, 3.63) is 0 Å². The molecule has 2 N–H and O–H groups in total. The standard InChI is InChI=1S/C24H51N3O/c1-4-5-6-7-8-9-10-11-12-13-14-15-16-17-18-19-22-27(24(25)28)23-20-21-26(2)3/h4-23H2,1-3H3,(H2,25,28). The van der Waals surface area contributed by atoms with Gasteiger partial charge >= 0.3 is 6.03 Å². The monoisotopic (exact) mass is 397 g/mol. The zero-order chi connectivity index (χ0) is 20.9. The van der Waals surface area contributed by atoms with E-state index < -0.39 is 0 Å². The van der Waals surface area contributed by atoms with Gasteiger partial charge in [-0.05, 0) is 33.5 Å². The summed E-state index contributed by atoms with van der Waals surface area (Å²) in [6.45, 7) is 4.89. The molecule has 0 spiro atoms. The Morgan fingerprint density at radius 1 is 0.571 bits per heavy atom. The highest BCUT2D eigenvalue weighted by atomic mass is 16.2. The van der Waals surface area contributed by atoms with Crippen LogP contribution in [0.4, 0.5) is 4.79 Å². The van der Waals surface area contributed by atoms with Crippen LogP contribution in [-0.4, -0.2) is 49.6 Å². The summed E-state index contributed by atoms with van der Waals surface area (Å²) in [6.07, 6.45) is 23.0. The van der Waals surface area contributed by atoms with Gasteiger partial charge in [0, 0.05) is 13.1 Å². The predicted molar refractivity (Wildman–Crippen MR) is 124 cm³/mol. The van der Waals surface area contributed by atoms with Crippen LogP contribution in [0.1, 0.15) is 116 Å². The van der Waals surface area contributed by atoms with Gasteiger partial charge in [0.05, 0.1) is 0 Å². The number of unbranched alkanes of at least 4 members (excludes halogenated alkanes) is 15. The topological polar surface area (TPSA) is 49.6 Å². The van der Waals surface area contributed by atoms with E-state index in [0.717, 1.165) is 32.5 Å². The summed E-state index contributed by atoms with van der Waals surface area (Å²) in [4.78, 5) is 15.5. The normalized spacial score (nSPS) is 11.3. The Kier molecular flexibility index (Phi) is 20.4. The van der Waals surface area contributed by atoms with Crippen molar-refractivity contribution < 1.29 is 4.79 Å². The quantitative estimate of drug-likeness (QED) is 0.222. The molecule has 0 fully saturated rings. The van der Waals surface area contributed by atoms with Crippen molar-refractivity contribution in [1.29, 1.82) is 0 Å². The van der Waals surface area contributed by atoms with Crippen LogP contribution >= 0.6 is 0 Å². The predicted octanol–water partition coefficient (Wildman–Crippen LogP) is 6.58. The molecule has 0 aliphatic carbocycles. The summed E-state index contributed by atoms with van der Waals surface area (Å²) in [7, 11) is 4.12. The van der Waals surface area contributed by atoms with Gasteiger partial charge in [-0.3, -0.25) is 0 Å². The number of hydrogen-bond acceptors (Lipinski definition) is 2. The maximum atomic E-state index is 11.5. The van der Waals surface area contributed by atoms with Crippen molar-refractivity contribution in [3.8, 4) is 0 Å². The van der Waals surface area contributed by atoms with Gasteiger partial charge in [0.15, 0.2) is 0 Å². The Balaban J connectivity index is 3.32. The Bertz CT molecular complexity index is 334. The smallest absolute Gasteiger partial charge is 0.314 e. The molecule has 4 heteroatoms. The zero-order valence-corrected chi connectivity index (χ0v) is 19.5. The van der Waals surface area contributed by atoms with E-state index in [0.29, 0.717) is 0 Å². The first kappa shape index (κ1) is 27.2. The van der Waals surface area contributed by atoms with E-state index in [-0.39, 0.29) is 6.03 Å². The number of carbonyl (C=O) groups is 1. The van der Waals surface area contributed by atoms with Crippen LogP contribution in [0.2, 0.25) is 0 Å². The molecule has 2 amide bonds. The van der Waals surface area contributed by atoms with Crippen molar-refractivity contribution in [2.24, 2.45) is 5.73 Å². The lowest BCUT2D eigenvalue weighted by Crippen LogP contribution is -2.38. The van der Waals surface area contributed by atoms with Crippen LogP contribution in [0, 0.1) is 0 Å². The van der Waals surface area contributed by atoms with Gasteiger partial charge in [0.2, 0.25) is 0 Å². The minimum Gasteiger partial charge on any atom is -0.351 e. The maximum absolute atomic E-state index is 11.5. The summed E-state index contributed by atoms with van der Waals surface area (Å²) in [5.74, 6) is 0. The summed E-state index contributed by atoms with van der Waals surface area (Å²) in [6, 6.07) is -0.264. The minimum atomic E-state index is -0.264. The van der Waals surface area contributed by atoms with Gasteiger partial charge in [-0.25, -0.2) is 4.79 Å². The molecule has 0 aromatic rings. The highest BCUT2D eigenvalue weighted by molar-refractivity contribution is 5.71. The lowest BCUT2D eigenvalue weighted by Gasteiger charge is -2.21. The molecule has 0 aliphatic rings. The molecule has 168 valence electrons. The number of amides is 2. The molecular weight excluding hydrogens is 346 g/mol. The van der Waals surface area contributed by atoms with Crippen molar-refractivity contribution in [3.63, 3.8) is 0 Å².